The number of hydrogen-bond donors (Lipinski definition) is 0. The summed E-state index contributed by atoms with van der Waals surface area (Å²) >= 11 is 0. The lowest BCUT2D eigenvalue weighted by Gasteiger charge is -2.26. The molecule has 108 valence electrons. The molecule has 0 amide bonds. The topological polar surface area (TPSA) is 17.1 Å². The van der Waals surface area contributed by atoms with Crippen LogP contribution in [0.25, 0.3) is 0 Å². The number of carbonyl (C=O) groups excluding carboxylic acids is 1. The summed E-state index contributed by atoms with van der Waals surface area (Å²) in [6.45, 7) is 4.20. The van der Waals surface area contributed by atoms with Crippen molar-refractivity contribution in [1.82, 2.24) is 0 Å². The van der Waals surface area contributed by atoms with Crippen LogP contribution in [-0.2, 0) is 6.42 Å². The average molecular weight is 278 g/mol. The van der Waals surface area contributed by atoms with Crippen LogP contribution in [0.15, 0.2) is 42.5 Å². The third-order valence-electron chi connectivity index (χ3n) is 4.72. The van der Waals surface area contributed by atoms with Crippen molar-refractivity contribution in [3.63, 3.8) is 0 Å². The Kier molecular flexibility index (Phi) is 3.92. The normalized spacial score (nSPS) is 14.8. The lowest BCUT2D eigenvalue weighted by atomic mass is 9.79. The molecular weight excluding hydrogens is 256 g/mol. The highest BCUT2D eigenvalue weighted by Crippen LogP contribution is 2.36. The van der Waals surface area contributed by atoms with Crippen LogP contribution in [0.5, 0.6) is 0 Å². The lowest BCUT2D eigenvalue weighted by molar-refractivity contribution is 0.0993. The maximum absolute atomic E-state index is 12.5. The van der Waals surface area contributed by atoms with E-state index < -0.39 is 0 Å². The lowest BCUT2D eigenvalue weighted by Crippen LogP contribution is -2.10. The van der Waals surface area contributed by atoms with E-state index in [2.05, 4.69) is 44.2 Å². The van der Waals surface area contributed by atoms with Crippen LogP contribution in [0.1, 0.15) is 57.8 Å². The van der Waals surface area contributed by atoms with Crippen LogP contribution in [-0.4, -0.2) is 5.78 Å². The van der Waals surface area contributed by atoms with E-state index in [1.165, 1.54) is 36.0 Å². The molecule has 0 aromatic heterocycles. The molecule has 0 radical (unpaired) electrons. The highest BCUT2D eigenvalue weighted by atomic mass is 16.1. The van der Waals surface area contributed by atoms with Gasteiger partial charge < -0.3 is 0 Å². The van der Waals surface area contributed by atoms with Gasteiger partial charge in [-0.3, -0.25) is 4.79 Å². The van der Waals surface area contributed by atoms with Gasteiger partial charge in [-0.05, 0) is 60.9 Å². The first-order valence-electron chi connectivity index (χ1n) is 7.83. The first-order valence-corrected chi connectivity index (χ1v) is 7.83. The number of carbonyl (C=O) groups is 1. The van der Waals surface area contributed by atoms with Crippen molar-refractivity contribution in [2.45, 2.75) is 45.4 Å². The van der Waals surface area contributed by atoms with Crippen LogP contribution in [0.4, 0.5) is 0 Å². The van der Waals surface area contributed by atoms with Gasteiger partial charge in [0.05, 0.1) is 0 Å². The molecule has 0 N–H and O–H groups in total. The van der Waals surface area contributed by atoms with Crippen molar-refractivity contribution in [1.29, 1.82) is 0 Å². The zero-order valence-corrected chi connectivity index (χ0v) is 12.9. The summed E-state index contributed by atoms with van der Waals surface area (Å²) in [5.74, 6) is 0.902. The standard InChI is InChI=1S/C20H22O/c1-14-9-10-16(11-15(14)2)12-20(21)19-8-4-7-18(13-19)17-5-3-6-17/h4,7-11,13,17H,3,5-6,12H2,1-2H3. The summed E-state index contributed by atoms with van der Waals surface area (Å²) in [6.07, 6.45) is 4.37. The molecule has 1 heteroatoms. The van der Waals surface area contributed by atoms with Crippen molar-refractivity contribution in [3.8, 4) is 0 Å². The van der Waals surface area contributed by atoms with E-state index in [1.54, 1.807) is 0 Å². The van der Waals surface area contributed by atoms with Crippen molar-refractivity contribution in [2.24, 2.45) is 0 Å². The second-order valence-corrected chi connectivity index (χ2v) is 6.27. The maximum atomic E-state index is 12.5. The first kappa shape index (κ1) is 14.1. The number of ketones is 1. The number of benzene rings is 2. The predicted octanol–water partition coefficient (Wildman–Crippen LogP) is 5.00. The van der Waals surface area contributed by atoms with E-state index in [0.717, 1.165) is 11.1 Å². The van der Waals surface area contributed by atoms with E-state index in [9.17, 15) is 4.79 Å². The van der Waals surface area contributed by atoms with Gasteiger partial charge in [-0.15, -0.1) is 0 Å². The molecule has 0 heterocycles. The average Bonchev–Trinajstić information content (AvgIpc) is 2.41. The second-order valence-electron chi connectivity index (χ2n) is 6.27. The van der Waals surface area contributed by atoms with Gasteiger partial charge in [-0.25, -0.2) is 0 Å². The van der Waals surface area contributed by atoms with Gasteiger partial charge in [0, 0.05) is 12.0 Å². The summed E-state index contributed by atoms with van der Waals surface area (Å²) in [6, 6.07) is 14.5. The van der Waals surface area contributed by atoms with E-state index in [4.69, 9.17) is 0 Å². The minimum absolute atomic E-state index is 0.222. The van der Waals surface area contributed by atoms with Gasteiger partial charge in [0.2, 0.25) is 0 Å². The molecule has 0 atom stereocenters. The van der Waals surface area contributed by atoms with Crippen molar-refractivity contribution < 1.29 is 4.79 Å². The van der Waals surface area contributed by atoms with Gasteiger partial charge in [-0.2, -0.15) is 0 Å². The molecule has 0 unspecified atom stereocenters. The minimum atomic E-state index is 0.222. The molecule has 1 nitrogen and oxygen atoms in total. The quantitative estimate of drug-likeness (QED) is 0.719. The Morgan fingerprint density at radius 3 is 2.52 bits per heavy atom. The van der Waals surface area contributed by atoms with Crippen LogP contribution in [0.2, 0.25) is 0 Å². The first-order chi connectivity index (χ1) is 10.1. The largest absolute Gasteiger partial charge is 0.294 e. The van der Waals surface area contributed by atoms with Crippen LogP contribution >= 0.6 is 0 Å². The van der Waals surface area contributed by atoms with Crippen molar-refractivity contribution in [2.75, 3.05) is 0 Å². The van der Waals surface area contributed by atoms with Gasteiger partial charge in [0.15, 0.2) is 5.78 Å². The van der Waals surface area contributed by atoms with E-state index in [-0.39, 0.29) is 5.78 Å². The molecule has 21 heavy (non-hydrogen) atoms. The van der Waals surface area contributed by atoms with E-state index in [1.807, 2.05) is 12.1 Å². The minimum Gasteiger partial charge on any atom is -0.294 e. The third kappa shape index (κ3) is 3.07. The zero-order valence-electron chi connectivity index (χ0n) is 12.9. The van der Waals surface area contributed by atoms with E-state index in [0.29, 0.717) is 12.3 Å². The predicted molar refractivity (Wildman–Crippen MR) is 87.0 cm³/mol. The van der Waals surface area contributed by atoms with Crippen molar-refractivity contribution >= 4 is 5.78 Å². The van der Waals surface area contributed by atoms with Gasteiger partial charge in [0.25, 0.3) is 0 Å². The van der Waals surface area contributed by atoms with Crippen LogP contribution in [0, 0.1) is 13.8 Å². The van der Waals surface area contributed by atoms with Gasteiger partial charge in [-0.1, -0.05) is 42.8 Å². The number of aryl methyl sites for hydroxylation is 2. The molecule has 1 aliphatic rings. The molecule has 2 aromatic carbocycles. The molecule has 0 aliphatic heterocycles. The monoisotopic (exact) mass is 278 g/mol. The summed E-state index contributed by atoms with van der Waals surface area (Å²) in [7, 11) is 0. The Balaban J connectivity index is 1.76. The van der Waals surface area contributed by atoms with Crippen molar-refractivity contribution in [3.05, 3.63) is 70.3 Å². The smallest absolute Gasteiger partial charge is 0.167 e. The maximum Gasteiger partial charge on any atom is 0.167 e. The summed E-state index contributed by atoms with van der Waals surface area (Å²) in [5, 5.41) is 0. The molecule has 1 fully saturated rings. The molecule has 0 bridgehead atoms. The molecule has 3 rings (SSSR count). The number of hydrogen-bond acceptors (Lipinski definition) is 1. The Morgan fingerprint density at radius 2 is 1.86 bits per heavy atom. The Bertz CT molecular complexity index is 665. The molecule has 1 aliphatic carbocycles. The summed E-state index contributed by atoms with van der Waals surface area (Å²) in [5.41, 5.74) is 5.84. The Labute approximate surface area is 127 Å². The van der Waals surface area contributed by atoms with Crippen LogP contribution in [0.3, 0.4) is 0 Å². The number of Topliss-reactive ketones (excluding diaryl/α,β-unsaturated/α-hetero) is 1. The summed E-state index contributed by atoms with van der Waals surface area (Å²) < 4.78 is 0. The summed E-state index contributed by atoms with van der Waals surface area (Å²) in [4.78, 5) is 12.5. The van der Waals surface area contributed by atoms with E-state index >= 15 is 0 Å². The SMILES string of the molecule is Cc1ccc(CC(=O)c2cccc(C3CCC3)c2)cc1C. The molecular formula is C20H22O. The molecule has 0 saturated heterocycles. The molecule has 1 saturated carbocycles. The van der Waals surface area contributed by atoms with Gasteiger partial charge in [0.1, 0.15) is 0 Å². The van der Waals surface area contributed by atoms with Gasteiger partial charge >= 0.3 is 0 Å². The van der Waals surface area contributed by atoms with Crippen LogP contribution < -0.4 is 0 Å². The Morgan fingerprint density at radius 1 is 1.05 bits per heavy atom. The highest BCUT2D eigenvalue weighted by Gasteiger charge is 2.20. The molecule has 0 spiro atoms. The fourth-order valence-electron chi connectivity index (χ4n) is 2.91. The zero-order chi connectivity index (χ0) is 14.8. The third-order valence-corrected chi connectivity index (χ3v) is 4.72. The highest BCUT2D eigenvalue weighted by molar-refractivity contribution is 5.97. The molecule has 2 aromatic rings. The fraction of sp³-hybridized carbons (Fsp3) is 0.350. The fourth-order valence-corrected chi connectivity index (χ4v) is 2.91. The number of rotatable bonds is 4. The Hall–Kier alpha value is -1.89. The second kappa shape index (κ2) is 5.85.